The largest absolute Gasteiger partial charge is 0.496 e. The Morgan fingerprint density at radius 3 is 2.67 bits per heavy atom. The third-order valence-electron chi connectivity index (χ3n) is 2.58. The van der Waals surface area contributed by atoms with Crippen LogP contribution in [0.4, 0.5) is 0 Å². The van der Waals surface area contributed by atoms with Crippen molar-refractivity contribution in [2.75, 3.05) is 7.11 Å². The lowest BCUT2D eigenvalue weighted by atomic mass is 10.0. The van der Waals surface area contributed by atoms with Gasteiger partial charge in [0.25, 0.3) is 0 Å². The van der Waals surface area contributed by atoms with Crippen LogP contribution >= 0.6 is 11.6 Å². The zero-order valence-corrected chi connectivity index (χ0v) is 10.4. The van der Waals surface area contributed by atoms with Gasteiger partial charge in [0, 0.05) is 10.6 Å². The number of hydrogen-bond donors (Lipinski definition) is 1. The van der Waals surface area contributed by atoms with Gasteiger partial charge in [-0.3, -0.25) is 0 Å². The van der Waals surface area contributed by atoms with Gasteiger partial charge in [0.05, 0.1) is 12.7 Å². The van der Waals surface area contributed by atoms with Crippen LogP contribution in [0.15, 0.2) is 42.5 Å². The summed E-state index contributed by atoms with van der Waals surface area (Å²) >= 11 is 5.95. The van der Waals surface area contributed by atoms with E-state index in [0.717, 1.165) is 11.1 Å². The zero-order chi connectivity index (χ0) is 13.1. The Balaban J connectivity index is 2.57. The molecule has 0 heterocycles. The van der Waals surface area contributed by atoms with Crippen molar-refractivity contribution in [3.63, 3.8) is 0 Å². The van der Waals surface area contributed by atoms with Gasteiger partial charge < -0.3 is 9.84 Å². The molecule has 0 saturated carbocycles. The second kappa shape index (κ2) is 5.10. The summed E-state index contributed by atoms with van der Waals surface area (Å²) in [5.41, 5.74) is 1.76. The zero-order valence-electron chi connectivity index (χ0n) is 9.68. The number of benzene rings is 2. The first-order chi connectivity index (χ1) is 8.61. The van der Waals surface area contributed by atoms with E-state index in [9.17, 15) is 4.79 Å². The molecule has 0 spiro atoms. The summed E-state index contributed by atoms with van der Waals surface area (Å²) in [6, 6.07) is 11.9. The summed E-state index contributed by atoms with van der Waals surface area (Å²) in [7, 11) is 1.56. The molecule has 0 bridgehead atoms. The highest BCUT2D eigenvalue weighted by Crippen LogP contribution is 2.32. The summed E-state index contributed by atoms with van der Waals surface area (Å²) in [5, 5.41) is 9.56. The maximum atomic E-state index is 10.9. The monoisotopic (exact) mass is 262 g/mol. The maximum Gasteiger partial charge on any atom is 0.335 e. The number of methoxy groups -OCH3 is 1. The first-order valence-electron chi connectivity index (χ1n) is 5.29. The molecule has 4 heteroatoms. The van der Waals surface area contributed by atoms with Crippen LogP contribution in [-0.2, 0) is 0 Å². The first-order valence-corrected chi connectivity index (χ1v) is 5.67. The van der Waals surface area contributed by atoms with E-state index >= 15 is 0 Å². The number of carboxylic acid groups (broad SMARTS) is 1. The normalized spacial score (nSPS) is 10.1. The average Bonchev–Trinajstić information content (AvgIpc) is 2.39. The molecular formula is C14H11ClO3. The number of aromatic carboxylic acids is 1. The van der Waals surface area contributed by atoms with E-state index in [0.29, 0.717) is 10.8 Å². The van der Waals surface area contributed by atoms with Crippen molar-refractivity contribution in [1.29, 1.82) is 0 Å². The lowest BCUT2D eigenvalue weighted by Crippen LogP contribution is -1.96. The molecule has 0 radical (unpaired) electrons. The van der Waals surface area contributed by atoms with E-state index < -0.39 is 5.97 Å². The summed E-state index contributed by atoms with van der Waals surface area (Å²) in [6.07, 6.45) is 0. The number of hydrogen-bond acceptors (Lipinski definition) is 2. The molecule has 0 aliphatic rings. The molecule has 0 aliphatic heterocycles. The number of halogens is 1. The highest BCUT2D eigenvalue weighted by molar-refractivity contribution is 6.31. The molecule has 0 fully saturated rings. The molecule has 2 aromatic carbocycles. The Hall–Kier alpha value is -2.00. The second-order valence-electron chi connectivity index (χ2n) is 3.73. The molecule has 2 aromatic rings. The standard InChI is InChI=1S/C14H11ClO3/c1-18-13-6-5-11(15)8-12(13)9-3-2-4-10(7-9)14(16)17/h2-8H,1H3,(H,16,17). The molecule has 1 N–H and O–H groups in total. The van der Waals surface area contributed by atoms with Crippen molar-refractivity contribution in [2.45, 2.75) is 0 Å². The van der Waals surface area contributed by atoms with Gasteiger partial charge in [0.2, 0.25) is 0 Å². The quantitative estimate of drug-likeness (QED) is 0.917. The molecule has 0 aromatic heterocycles. The third-order valence-corrected chi connectivity index (χ3v) is 2.82. The van der Waals surface area contributed by atoms with Gasteiger partial charge in [-0.15, -0.1) is 0 Å². The van der Waals surface area contributed by atoms with E-state index in [1.165, 1.54) is 0 Å². The van der Waals surface area contributed by atoms with E-state index in [1.807, 2.05) is 6.07 Å². The molecular weight excluding hydrogens is 252 g/mol. The number of ether oxygens (including phenoxy) is 1. The van der Waals surface area contributed by atoms with Crippen LogP contribution in [0.3, 0.4) is 0 Å². The van der Waals surface area contributed by atoms with Crippen LogP contribution in [-0.4, -0.2) is 18.2 Å². The van der Waals surface area contributed by atoms with Gasteiger partial charge in [-0.1, -0.05) is 23.7 Å². The van der Waals surface area contributed by atoms with Crippen LogP contribution in [0.25, 0.3) is 11.1 Å². The summed E-state index contributed by atoms with van der Waals surface area (Å²) in [4.78, 5) is 10.9. The summed E-state index contributed by atoms with van der Waals surface area (Å²) in [6.45, 7) is 0. The predicted octanol–water partition coefficient (Wildman–Crippen LogP) is 3.71. The fourth-order valence-electron chi connectivity index (χ4n) is 1.73. The number of carboxylic acids is 1. The predicted molar refractivity (Wildman–Crippen MR) is 70.4 cm³/mol. The van der Waals surface area contributed by atoms with Crippen molar-refractivity contribution in [3.8, 4) is 16.9 Å². The van der Waals surface area contributed by atoms with Crippen molar-refractivity contribution in [1.82, 2.24) is 0 Å². The second-order valence-corrected chi connectivity index (χ2v) is 4.17. The number of rotatable bonds is 3. The molecule has 3 nitrogen and oxygen atoms in total. The van der Waals surface area contributed by atoms with Gasteiger partial charge in [0.15, 0.2) is 0 Å². The lowest BCUT2D eigenvalue weighted by molar-refractivity contribution is 0.0697. The topological polar surface area (TPSA) is 46.5 Å². The van der Waals surface area contributed by atoms with Crippen LogP contribution in [0.5, 0.6) is 5.75 Å². The lowest BCUT2D eigenvalue weighted by Gasteiger charge is -2.09. The Kier molecular flexibility index (Phi) is 3.53. The Bertz CT molecular complexity index is 593. The van der Waals surface area contributed by atoms with E-state index in [-0.39, 0.29) is 5.56 Å². The highest BCUT2D eigenvalue weighted by atomic mass is 35.5. The van der Waals surface area contributed by atoms with Crippen LogP contribution < -0.4 is 4.74 Å². The SMILES string of the molecule is COc1ccc(Cl)cc1-c1cccc(C(=O)O)c1. The fraction of sp³-hybridized carbons (Fsp3) is 0.0714. The molecule has 0 amide bonds. The van der Waals surface area contributed by atoms with Crippen LogP contribution in [0.2, 0.25) is 5.02 Å². The summed E-state index contributed by atoms with van der Waals surface area (Å²) < 4.78 is 5.25. The minimum atomic E-state index is -0.960. The van der Waals surface area contributed by atoms with Crippen LogP contribution in [0.1, 0.15) is 10.4 Å². The average molecular weight is 263 g/mol. The van der Waals surface area contributed by atoms with Gasteiger partial charge in [0.1, 0.15) is 5.75 Å². The molecule has 0 saturated heterocycles. The van der Waals surface area contributed by atoms with Gasteiger partial charge in [-0.05, 0) is 35.9 Å². The van der Waals surface area contributed by atoms with Crippen molar-refractivity contribution < 1.29 is 14.6 Å². The van der Waals surface area contributed by atoms with Gasteiger partial charge >= 0.3 is 5.97 Å². The highest BCUT2D eigenvalue weighted by Gasteiger charge is 2.09. The molecule has 2 rings (SSSR count). The minimum absolute atomic E-state index is 0.231. The Morgan fingerprint density at radius 1 is 1.22 bits per heavy atom. The molecule has 92 valence electrons. The van der Waals surface area contributed by atoms with E-state index in [4.69, 9.17) is 21.4 Å². The van der Waals surface area contributed by atoms with Gasteiger partial charge in [-0.2, -0.15) is 0 Å². The molecule has 0 aliphatic carbocycles. The molecule has 0 unspecified atom stereocenters. The fourth-order valence-corrected chi connectivity index (χ4v) is 1.90. The number of carbonyl (C=O) groups is 1. The van der Waals surface area contributed by atoms with Crippen LogP contribution in [0, 0.1) is 0 Å². The Labute approximate surface area is 110 Å². The van der Waals surface area contributed by atoms with Crippen molar-refractivity contribution in [2.24, 2.45) is 0 Å². The third kappa shape index (κ3) is 2.46. The first kappa shape index (κ1) is 12.5. The van der Waals surface area contributed by atoms with E-state index in [2.05, 4.69) is 0 Å². The summed E-state index contributed by atoms with van der Waals surface area (Å²) in [5.74, 6) is -0.306. The smallest absolute Gasteiger partial charge is 0.335 e. The van der Waals surface area contributed by atoms with Crippen molar-refractivity contribution in [3.05, 3.63) is 53.1 Å². The minimum Gasteiger partial charge on any atom is -0.496 e. The molecule has 0 atom stereocenters. The maximum absolute atomic E-state index is 10.9. The van der Waals surface area contributed by atoms with Gasteiger partial charge in [-0.25, -0.2) is 4.79 Å². The Morgan fingerprint density at radius 2 is 2.00 bits per heavy atom. The molecule has 18 heavy (non-hydrogen) atoms. The van der Waals surface area contributed by atoms with Crippen molar-refractivity contribution >= 4 is 17.6 Å². The van der Waals surface area contributed by atoms with E-state index in [1.54, 1.807) is 43.5 Å².